The molecule has 0 amide bonds. The van der Waals surface area contributed by atoms with Crippen LogP contribution >= 0.6 is 66.7 Å². The van der Waals surface area contributed by atoms with E-state index in [4.69, 9.17) is 49.0 Å². The Bertz CT molecular complexity index is 5780. The maximum Gasteiger partial charge on any atom is 0.246 e. The summed E-state index contributed by atoms with van der Waals surface area (Å²) in [6.07, 6.45) is 15.3. The van der Waals surface area contributed by atoms with Gasteiger partial charge in [-0.2, -0.15) is 17.2 Å². The Hall–Kier alpha value is -7.21. The van der Waals surface area contributed by atoms with E-state index >= 15 is 0 Å². The lowest BCUT2D eigenvalue weighted by molar-refractivity contribution is 0.318. The fourth-order valence-corrected chi connectivity index (χ4v) is 24.5. The van der Waals surface area contributed by atoms with Gasteiger partial charge in [0, 0.05) is 140 Å². The number of rotatable bonds is 16. The number of H-pyrrole nitrogens is 4. The first-order valence-corrected chi connectivity index (χ1v) is 46.3. The summed E-state index contributed by atoms with van der Waals surface area (Å²) in [5, 5.41) is 5.91. The van der Waals surface area contributed by atoms with Crippen molar-refractivity contribution in [2.24, 2.45) is 0 Å². The topological polar surface area (TPSA) is 240 Å². The molecule has 16 rings (SSSR count). The van der Waals surface area contributed by atoms with Crippen LogP contribution in [0.3, 0.4) is 0 Å². The quantitative estimate of drug-likeness (QED) is 0.0709. The predicted octanol–water partition coefficient (Wildman–Crippen LogP) is 20.3. The Kier molecular flexibility index (Phi) is 26.2. The molecule has 0 radical (unpaired) electrons. The van der Waals surface area contributed by atoms with Crippen LogP contribution in [0.2, 0.25) is 15.1 Å². The lowest BCUT2D eigenvalue weighted by atomic mass is 9.90. The van der Waals surface area contributed by atoms with Gasteiger partial charge in [-0.1, -0.05) is 103 Å². The molecule has 113 heavy (non-hydrogen) atoms. The summed E-state index contributed by atoms with van der Waals surface area (Å²) < 4.78 is 129. The molecule has 0 atom stereocenters. The molecule has 4 saturated heterocycles. The molecular formula is C85H93Br2Cl3N8O11S4. The standard InChI is InChI=1S/C22H25BrN2O3S.C21H23BrN2O4S.C21H22Cl2N2O2S.C21H23ClN2O2S/c1-3-15-12-17(23)4-7-22(15)29(26,27)25-10-8-16(9-11-25)20-14-24-21-6-5-18(28-2)13-19(20)21;1-27-16-4-5-19-17(12-16)18(13-23-19)14-7-9-24(10-8-14)29(25,26)21-6-3-15(22)11-20(21)28-2;1-13-3-4-20-16(9-13)17(12-24-20)15-5-7-25(8-6-15)28(26,27)21-10-14(2)18(22)11-19(21)23;1-14-6-7-20-17(12-14)18(13-23-20)16-8-10-24(11-9-16)27(25,26)21-5-3-4-19(22)15(21)2/h4-7,12-14,16,24H,3,8-11H2,1-2H3;3-6,11-14,23H,7-10H2,1-2H3;3-4,9-12,15,24H,5-8H2,1-2H3;3-7,12-13,16,23H,8-11H2,1-2H3. The van der Waals surface area contributed by atoms with E-state index in [0.29, 0.717) is 119 Å². The van der Waals surface area contributed by atoms with E-state index in [9.17, 15) is 33.7 Å². The van der Waals surface area contributed by atoms with Crippen molar-refractivity contribution in [1.29, 1.82) is 0 Å². The fraction of sp³-hybridized carbons (Fsp3) is 0.341. The predicted molar refractivity (Wildman–Crippen MR) is 460 cm³/mol. The number of piperidine rings is 4. The number of aromatic nitrogens is 4. The molecule has 4 aliphatic rings. The number of halogens is 5. The van der Waals surface area contributed by atoms with Crippen LogP contribution in [0.4, 0.5) is 0 Å². The van der Waals surface area contributed by atoms with Crippen molar-refractivity contribution < 1.29 is 47.9 Å². The molecule has 8 heterocycles. The van der Waals surface area contributed by atoms with Gasteiger partial charge in [0.25, 0.3) is 0 Å². The van der Waals surface area contributed by atoms with E-state index in [1.807, 2.05) is 49.5 Å². The molecule has 0 aliphatic carbocycles. The molecule has 28 heteroatoms. The highest BCUT2D eigenvalue weighted by Crippen LogP contribution is 2.43. The molecule has 19 nitrogen and oxygen atoms in total. The number of hydrogen-bond acceptors (Lipinski definition) is 11. The number of aromatic amines is 4. The van der Waals surface area contributed by atoms with Gasteiger partial charge in [-0.3, -0.25) is 0 Å². The van der Waals surface area contributed by atoms with Crippen LogP contribution in [-0.2, 0) is 46.5 Å². The summed E-state index contributed by atoms with van der Waals surface area (Å²) in [6, 6.07) is 43.4. The largest absolute Gasteiger partial charge is 0.497 e. The highest BCUT2D eigenvalue weighted by molar-refractivity contribution is 9.10. The Morgan fingerprint density at radius 1 is 0.381 bits per heavy atom. The van der Waals surface area contributed by atoms with Crippen molar-refractivity contribution in [3.8, 4) is 17.2 Å². The van der Waals surface area contributed by atoms with Gasteiger partial charge in [-0.15, -0.1) is 0 Å². The van der Waals surface area contributed by atoms with E-state index < -0.39 is 40.1 Å². The molecule has 0 spiro atoms. The van der Waals surface area contributed by atoms with Gasteiger partial charge in [0.2, 0.25) is 40.1 Å². The van der Waals surface area contributed by atoms with Gasteiger partial charge in [0.1, 0.15) is 27.0 Å². The fourth-order valence-electron chi connectivity index (χ4n) is 16.2. The smallest absolute Gasteiger partial charge is 0.246 e. The maximum absolute atomic E-state index is 13.3. The van der Waals surface area contributed by atoms with Crippen LogP contribution in [0.15, 0.2) is 193 Å². The average molecular weight is 1800 g/mol. The minimum absolute atomic E-state index is 0.136. The van der Waals surface area contributed by atoms with Crippen LogP contribution in [-0.4, -0.2) is 145 Å². The molecule has 0 unspecified atom stereocenters. The second-order valence-corrected chi connectivity index (χ2v) is 40.1. The molecule has 4 N–H and O–H groups in total. The second-order valence-electron chi connectivity index (χ2n) is 29.4. The Labute approximate surface area is 694 Å². The number of hydrogen-bond donors (Lipinski definition) is 4. The average Bonchev–Trinajstić information content (AvgIpc) is 1.71. The van der Waals surface area contributed by atoms with Gasteiger partial charge < -0.3 is 34.1 Å². The van der Waals surface area contributed by atoms with E-state index in [1.54, 1.807) is 95.6 Å². The highest BCUT2D eigenvalue weighted by atomic mass is 79.9. The highest BCUT2D eigenvalue weighted by Gasteiger charge is 2.37. The third kappa shape index (κ3) is 17.9. The van der Waals surface area contributed by atoms with Crippen LogP contribution in [0.5, 0.6) is 17.2 Å². The molecule has 12 aromatic rings. The van der Waals surface area contributed by atoms with Gasteiger partial charge in [0.15, 0.2) is 0 Å². The van der Waals surface area contributed by atoms with Crippen molar-refractivity contribution >= 4 is 150 Å². The van der Waals surface area contributed by atoms with Gasteiger partial charge in [-0.05, 0) is 269 Å². The molecule has 4 fully saturated rings. The Balaban J connectivity index is 0.000000132. The third-order valence-corrected chi connectivity index (χ3v) is 32.7. The van der Waals surface area contributed by atoms with Crippen molar-refractivity contribution in [3.05, 3.63) is 238 Å². The summed E-state index contributed by atoms with van der Waals surface area (Å²) >= 11 is 25.2. The molecule has 4 aliphatic heterocycles. The number of methoxy groups -OCH3 is 3. The van der Waals surface area contributed by atoms with E-state index in [0.717, 1.165) is 110 Å². The lowest BCUT2D eigenvalue weighted by Gasteiger charge is -2.31. The number of nitrogens with zero attached hydrogens (tertiary/aromatic N) is 4. The minimum Gasteiger partial charge on any atom is -0.497 e. The number of nitrogens with one attached hydrogen (secondary N) is 4. The molecule has 0 bridgehead atoms. The number of sulfonamides is 4. The zero-order chi connectivity index (χ0) is 80.4. The zero-order valence-corrected chi connectivity index (χ0v) is 72.9. The lowest BCUT2D eigenvalue weighted by Crippen LogP contribution is -2.38. The van der Waals surface area contributed by atoms with Crippen molar-refractivity contribution in [3.63, 3.8) is 0 Å². The summed E-state index contributed by atoms with van der Waals surface area (Å²) in [5.74, 6) is 3.34. The van der Waals surface area contributed by atoms with Crippen molar-refractivity contribution in [1.82, 2.24) is 37.2 Å². The minimum atomic E-state index is -3.64. The molecule has 598 valence electrons. The number of benzene rings is 8. The first kappa shape index (κ1) is 83.7. The van der Waals surface area contributed by atoms with Crippen LogP contribution < -0.4 is 14.2 Å². The van der Waals surface area contributed by atoms with E-state index in [-0.39, 0.29) is 14.8 Å². The van der Waals surface area contributed by atoms with Gasteiger partial charge in [-0.25, -0.2) is 33.7 Å². The molecular weight excluding hydrogens is 1700 g/mol. The van der Waals surface area contributed by atoms with E-state index in [2.05, 4.69) is 127 Å². The number of aryl methyl sites for hydroxylation is 4. The molecule has 0 saturated carbocycles. The molecule has 8 aromatic carbocycles. The van der Waals surface area contributed by atoms with Gasteiger partial charge in [0.05, 0.1) is 36.1 Å². The van der Waals surface area contributed by atoms with Gasteiger partial charge >= 0.3 is 0 Å². The Morgan fingerprint density at radius 3 is 1.14 bits per heavy atom. The normalized spacial score (nSPS) is 16.5. The van der Waals surface area contributed by atoms with Crippen molar-refractivity contribution in [2.45, 2.75) is 136 Å². The Morgan fingerprint density at radius 2 is 0.743 bits per heavy atom. The number of ether oxygens (including phenoxy) is 3. The van der Waals surface area contributed by atoms with Crippen molar-refractivity contribution in [2.75, 3.05) is 73.7 Å². The first-order valence-electron chi connectivity index (χ1n) is 37.8. The SMILES string of the molecule is CCc1cc(Br)ccc1S(=O)(=O)N1CCC(c2c[nH]c3ccc(OC)cc23)CC1.COc1ccc2[nH]cc(C3CCN(S(=O)(=O)c4ccc(Br)cc4OC)CC3)c2c1.Cc1ccc2[nH]cc(C3CCN(S(=O)(=O)c4cc(C)c(Cl)cc4Cl)CC3)c2c1.Cc1ccc2[nH]cc(C3CCN(S(=O)(=O)c4cccc(Cl)c4C)CC3)c2c1. The maximum atomic E-state index is 13.3. The van der Waals surface area contributed by atoms with Crippen LogP contribution in [0.1, 0.15) is 132 Å². The first-order chi connectivity index (χ1) is 54.0. The summed E-state index contributed by atoms with van der Waals surface area (Å²) in [5.41, 5.74) is 14.1. The summed E-state index contributed by atoms with van der Waals surface area (Å²) in [7, 11) is -9.43. The summed E-state index contributed by atoms with van der Waals surface area (Å²) in [4.78, 5) is 14.4. The number of fused-ring (bicyclic) bond motifs is 4. The van der Waals surface area contributed by atoms with E-state index in [1.165, 1.54) is 61.6 Å². The molecule has 4 aromatic heterocycles. The third-order valence-electron chi connectivity index (χ3n) is 22.6. The van der Waals surface area contributed by atoms with Crippen LogP contribution in [0.25, 0.3) is 43.6 Å². The monoisotopic (exact) mass is 1790 g/mol. The van der Waals surface area contributed by atoms with Crippen LogP contribution in [0, 0.1) is 27.7 Å². The summed E-state index contributed by atoms with van der Waals surface area (Å²) in [6.45, 7) is 13.7. The second kappa shape index (κ2) is 35.3. The zero-order valence-electron chi connectivity index (χ0n) is 64.2.